The van der Waals surface area contributed by atoms with E-state index in [1.165, 1.54) is 5.56 Å². The van der Waals surface area contributed by atoms with Gasteiger partial charge in [0, 0.05) is 56.9 Å². The van der Waals surface area contributed by atoms with Gasteiger partial charge in [0.25, 0.3) is 0 Å². The number of hydrogen-bond donors (Lipinski definition) is 2. The van der Waals surface area contributed by atoms with Crippen LogP contribution in [0, 0.1) is 6.92 Å². The van der Waals surface area contributed by atoms with Gasteiger partial charge in [-0.25, -0.2) is 4.98 Å². The second-order valence-corrected chi connectivity index (χ2v) is 6.86. The molecule has 1 aliphatic heterocycles. The van der Waals surface area contributed by atoms with Crippen molar-refractivity contribution in [3.63, 3.8) is 0 Å². The lowest BCUT2D eigenvalue weighted by atomic mass is 10.1. The summed E-state index contributed by atoms with van der Waals surface area (Å²) in [4.78, 5) is 18.0. The van der Waals surface area contributed by atoms with Crippen LogP contribution in [0.4, 0.5) is 5.82 Å². The van der Waals surface area contributed by atoms with Gasteiger partial charge in [0.2, 0.25) is 0 Å². The molecule has 148 valence electrons. The van der Waals surface area contributed by atoms with Crippen LogP contribution in [-0.2, 0) is 0 Å². The Morgan fingerprint density at radius 2 is 1.86 bits per heavy atom. The molecule has 1 fully saturated rings. The van der Waals surface area contributed by atoms with Crippen molar-refractivity contribution in [2.24, 2.45) is 10.7 Å². The maximum atomic E-state index is 8.84. The Morgan fingerprint density at radius 1 is 1.14 bits per heavy atom. The van der Waals surface area contributed by atoms with Gasteiger partial charge in [-0.2, -0.15) is 0 Å². The van der Waals surface area contributed by atoms with Crippen molar-refractivity contribution in [2.45, 2.75) is 6.92 Å². The van der Waals surface area contributed by atoms with Crippen LogP contribution in [0.25, 0.3) is 11.3 Å². The summed E-state index contributed by atoms with van der Waals surface area (Å²) in [6.07, 6.45) is 6.84. The molecule has 1 aromatic carbocycles. The van der Waals surface area contributed by atoms with E-state index < -0.39 is 0 Å². The predicted octanol–water partition coefficient (Wildman–Crippen LogP) is 1.48. The maximum Gasteiger partial charge on any atom is 0.155 e. The number of aromatic nitrogens is 2. The summed E-state index contributed by atoms with van der Waals surface area (Å²) >= 11 is 0. The molecule has 1 aromatic heterocycles. The Kier molecular flexibility index (Phi) is 7.11. The highest BCUT2D eigenvalue weighted by Gasteiger charge is 2.21. The fourth-order valence-electron chi connectivity index (χ4n) is 3.23. The minimum atomic E-state index is 0.0501. The van der Waals surface area contributed by atoms with Crippen molar-refractivity contribution in [1.82, 2.24) is 14.9 Å². The molecule has 0 radical (unpaired) electrons. The van der Waals surface area contributed by atoms with E-state index in [0.717, 1.165) is 55.4 Å². The van der Waals surface area contributed by atoms with Gasteiger partial charge in [-0.3, -0.25) is 14.9 Å². The zero-order valence-electron chi connectivity index (χ0n) is 16.3. The minimum Gasteiger partial charge on any atom is -0.404 e. The largest absolute Gasteiger partial charge is 0.404 e. The van der Waals surface area contributed by atoms with Gasteiger partial charge >= 0.3 is 0 Å². The molecule has 0 spiro atoms. The highest BCUT2D eigenvalue weighted by Crippen LogP contribution is 2.27. The number of benzene rings is 1. The van der Waals surface area contributed by atoms with Crippen molar-refractivity contribution in [3.8, 4) is 11.3 Å². The van der Waals surface area contributed by atoms with Crippen molar-refractivity contribution < 1.29 is 5.11 Å². The molecule has 1 saturated heterocycles. The van der Waals surface area contributed by atoms with Crippen LogP contribution in [0.15, 0.2) is 53.4 Å². The molecule has 3 N–H and O–H groups in total. The smallest absolute Gasteiger partial charge is 0.155 e. The second-order valence-electron chi connectivity index (χ2n) is 6.86. The first-order valence-electron chi connectivity index (χ1n) is 9.58. The van der Waals surface area contributed by atoms with E-state index in [0.29, 0.717) is 6.54 Å². The van der Waals surface area contributed by atoms with Gasteiger partial charge in [-0.15, -0.1) is 0 Å². The Morgan fingerprint density at radius 3 is 2.54 bits per heavy atom. The summed E-state index contributed by atoms with van der Waals surface area (Å²) in [6.45, 7) is 6.87. The molecular formula is C21H28N6O. The maximum absolute atomic E-state index is 8.84. The summed E-state index contributed by atoms with van der Waals surface area (Å²) in [6, 6.07) is 8.40. The number of aliphatic hydroxyl groups excluding tert-OH is 1. The summed E-state index contributed by atoms with van der Waals surface area (Å²) in [7, 11) is 0. The van der Waals surface area contributed by atoms with Gasteiger partial charge in [0.1, 0.15) is 5.69 Å². The van der Waals surface area contributed by atoms with Crippen molar-refractivity contribution in [3.05, 3.63) is 54.0 Å². The number of nitrogens with two attached hydrogens (primary N) is 1. The topological polar surface area (TPSA) is 90.9 Å². The summed E-state index contributed by atoms with van der Waals surface area (Å²) < 4.78 is 0. The van der Waals surface area contributed by atoms with Gasteiger partial charge in [-0.1, -0.05) is 29.8 Å². The Bertz CT molecular complexity index is 810. The summed E-state index contributed by atoms with van der Waals surface area (Å²) in [5.41, 5.74) is 9.92. The highest BCUT2D eigenvalue weighted by atomic mass is 16.3. The van der Waals surface area contributed by atoms with Crippen LogP contribution < -0.4 is 10.6 Å². The zero-order valence-corrected chi connectivity index (χ0v) is 16.3. The standard InChI is InChI=1S/C21H28N6O/c1-17-2-4-19(5-3-17)20-21(25-7-6-24-20)27-11-9-26(10-12-27)16-18(14-22)15-23-8-13-28/h2-7,14-15,28H,8-13,16,22H2,1H3/b18-14+,23-15?. The Hall–Kier alpha value is -2.77. The second kappa shape index (κ2) is 9.96. The van der Waals surface area contributed by atoms with Crippen molar-refractivity contribution in [1.29, 1.82) is 0 Å². The lowest BCUT2D eigenvalue weighted by molar-refractivity contribution is 0.280. The van der Waals surface area contributed by atoms with Crippen LogP contribution in [0.1, 0.15) is 5.56 Å². The first kappa shape index (κ1) is 20.0. The average Bonchev–Trinajstić information content (AvgIpc) is 2.74. The minimum absolute atomic E-state index is 0.0501. The first-order chi connectivity index (χ1) is 13.7. The molecule has 0 unspecified atom stereocenters. The van der Waals surface area contributed by atoms with E-state index in [1.54, 1.807) is 24.8 Å². The van der Waals surface area contributed by atoms with E-state index in [9.17, 15) is 0 Å². The lowest BCUT2D eigenvalue weighted by Crippen LogP contribution is -2.47. The molecule has 28 heavy (non-hydrogen) atoms. The van der Waals surface area contributed by atoms with Gasteiger partial charge in [0.05, 0.1) is 13.2 Å². The quantitative estimate of drug-likeness (QED) is 0.707. The Labute approximate surface area is 166 Å². The van der Waals surface area contributed by atoms with Gasteiger partial charge in [-0.05, 0) is 18.7 Å². The van der Waals surface area contributed by atoms with Crippen LogP contribution in [0.2, 0.25) is 0 Å². The summed E-state index contributed by atoms with van der Waals surface area (Å²) in [5.74, 6) is 0.935. The predicted molar refractivity (Wildman–Crippen MR) is 114 cm³/mol. The number of anilines is 1. The average molecular weight is 380 g/mol. The van der Waals surface area contributed by atoms with Crippen LogP contribution in [0.5, 0.6) is 0 Å². The van der Waals surface area contributed by atoms with Gasteiger partial charge in [0.15, 0.2) is 5.82 Å². The lowest BCUT2D eigenvalue weighted by Gasteiger charge is -2.36. The van der Waals surface area contributed by atoms with E-state index in [1.807, 2.05) is 0 Å². The molecule has 7 heteroatoms. The first-order valence-corrected chi connectivity index (χ1v) is 9.58. The molecule has 3 rings (SSSR count). The normalized spacial score (nSPS) is 16.1. The monoisotopic (exact) mass is 380 g/mol. The van der Waals surface area contributed by atoms with Gasteiger partial charge < -0.3 is 15.7 Å². The molecule has 0 saturated carbocycles. The SMILES string of the molecule is Cc1ccc(-c2nccnc2N2CCN(C/C(C=NCCO)=C/N)CC2)cc1. The number of nitrogens with zero attached hydrogens (tertiary/aromatic N) is 5. The van der Waals surface area contributed by atoms with E-state index in [4.69, 9.17) is 10.8 Å². The molecule has 0 amide bonds. The number of hydrogen-bond acceptors (Lipinski definition) is 7. The van der Waals surface area contributed by atoms with E-state index in [2.05, 4.69) is 55.9 Å². The third-order valence-corrected chi connectivity index (χ3v) is 4.78. The molecule has 0 atom stereocenters. The molecule has 0 bridgehead atoms. The number of aliphatic hydroxyl groups is 1. The van der Waals surface area contributed by atoms with Crippen molar-refractivity contribution >= 4 is 12.0 Å². The fraction of sp³-hybridized carbons (Fsp3) is 0.381. The molecule has 2 heterocycles. The molecule has 0 aliphatic carbocycles. The number of aryl methyl sites for hydroxylation is 1. The molecule has 2 aromatic rings. The van der Waals surface area contributed by atoms with E-state index >= 15 is 0 Å². The zero-order chi connectivity index (χ0) is 19.8. The number of rotatable bonds is 7. The van der Waals surface area contributed by atoms with Crippen molar-refractivity contribution in [2.75, 3.05) is 50.8 Å². The number of piperazine rings is 1. The third-order valence-electron chi connectivity index (χ3n) is 4.78. The fourth-order valence-corrected chi connectivity index (χ4v) is 3.23. The molecular weight excluding hydrogens is 352 g/mol. The van der Waals surface area contributed by atoms with Crippen LogP contribution in [-0.4, -0.2) is 72.1 Å². The van der Waals surface area contributed by atoms with E-state index in [-0.39, 0.29) is 6.61 Å². The summed E-state index contributed by atoms with van der Waals surface area (Å²) in [5, 5.41) is 8.84. The van der Waals surface area contributed by atoms with Crippen LogP contribution >= 0.6 is 0 Å². The molecule has 7 nitrogen and oxygen atoms in total. The van der Waals surface area contributed by atoms with Crippen LogP contribution in [0.3, 0.4) is 0 Å². The number of aliphatic imine (C=N–C) groups is 1. The Balaban J connectivity index is 1.65. The third kappa shape index (κ3) is 5.15. The molecule has 1 aliphatic rings. The highest BCUT2D eigenvalue weighted by molar-refractivity contribution is 5.78.